The lowest BCUT2D eigenvalue weighted by Crippen LogP contribution is -2.12. The van der Waals surface area contributed by atoms with Crippen LogP contribution in [0.4, 0.5) is 5.69 Å². The van der Waals surface area contributed by atoms with Crippen LogP contribution < -0.4 is 10.5 Å². The summed E-state index contributed by atoms with van der Waals surface area (Å²) in [5.41, 5.74) is 7.31. The SMILES string of the molecule is CCC(C)CC(C)n1nnnc1-c1ccc(N)cc1OC. The topological polar surface area (TPSA) is 78.9 Å². The van der Waals surface area contributed by atoms with Crippen LogP contribution in [0.15, 0.2) is 18.2 Å². The van der Waals surface area contributed by atoms with Gasteiger partial charge in [0, 0.05) is 11.8 Å². The maximum atomic E-state index is 5.80. The Labute approximate surface area is 125 Å². The van der Waals surface area contributed by atoms with E-state index < -0.39 is 0 Å². The number of ether oxygens (including phenoxy) is 1. The second-order valence-electron chi connectivity index (χ2n) is 5.50. The fourth-order valence-electron chi connectivity index (χ4n) is 2.41. The molecule has 0 spiro atoms. The summed E-state index contributed by atoms with van der Waals surface area (Å²) in [6, 6.07) is 5.74. The predicted octanol–water partition coefficient (Wildman–Crippen LogP) is 2.93. The molecule has 0 radical (unpaired) electrons. The van der Waals surface area contributed by atoms with Crippen molar-refractivity contribution < 1.29 is 4.74 Å². The summed E-state index contributed by atoms with van der Waals surface area (Å²) in [5.74, 6) is 2.02. The Kier molecular flexibility index (Phi) is 4.77. The minimum absolute atomic E-state index is 0.229. The molecule has 0 saturated heterocycles. The Hall–Kier alpha value is -2.11. The first-order valence-electron chi connectivity index (χ1n) is 7.28. The van der Waals surface area contributed by atoms with Gasteiger partial charge in [0.1, 0.15) is 5.75 Å². The summed E-state index contributed by atoms with van der Waals surface area (Å²) in [7, 11) is 1.62. The van der Waals surface area contributed by atoms with Gasteiger partial charge in [-0.25, -0.2) is 4.68 Å². The highest BCUT2D eigenvalue weighted by Gasteiger charge is 2.19. The number of anilines is 1. The van der Waals surface area contributed by atoms with Crippen LogP contribution in [0.1, 0.15) is 39.7 Å². The van der Waals surface area contributed by atoms with Gasteiger partial charge in [0.25, 0.3) is 0 Å². The third-order valence-corrected chi connectivity index (χ3v) is 3.82. The highest BCUT2D eigenvalue weighted by atomic mass is 16.5. The van der Waals surface area contributed by atoms with E-state index in [4.69, 9.17) is 10.5 Å². The van der Waals surface area contributed by atoms with Crippen molar-refractivity contribution >= 4 is 5.69 Å². The lowest BCUT2D eigenvalue weighted by atomic mass is 10.0. The van der Waals surface area contributed by atoms with Crippen LogP contribution in [0.25, 0.3) is 11.4 Å². The molecule has 1 aromatic heterocycles. The predicted molar refractivity (Wildman–Crippen MR) is 83.0 cm³/mol. The van der Waals surface area contributed by atoms with Crippen LogP contribution in [0, 0.1) is 5.92 Å². The van der Waals surface area contributed by atoms with Gasteiger partial charge in [-0.05, 0) is 41.8 Å². The second-order valence-corrected chi connectivity index (χ2v) is 5.50. The van der Waals surface area contributed by atoms with E-state index in [-0.39, 0.29) is 6.04 Å². The van der Waals surface area contributed by atoms with E-state index in [1.807, 2.05) is 16.8 Å². The number of nitrogen functional groups attached to an aromatic ring is 1. The molecule has 2 N–H and O–H groups in total. The molecule has 0 fully saturated rings. The maximum Gasteiger partial charge on any atom is 0.186 e. The lowest BCUT2D eigenvalue weighted by Gasteiger charge is -2.18. The number of tetrazole rings is 1. The van der Waals surface area contributed by atoms with Gasteiger partial charge in [0.05, 0.1) is 18.7 Å². The molecule has 0 bridgehead atoms. The average molecular weight is 289 g/mol. The number of benzene rings is 1. The number of nitrogens with two attached hydrogens (primary N) is 1. The maximum absolute atomic E-state index is 5.80. The Morgan fingerprint density at radius 1 is 1.33 bits per heavy atom. The normalized spacial score (nSPS) is 13.9. The molecule has 1 aromatic carbocycles. The average Bonchev–Trinajstić information content (AvgIpc) is 2.96. The van der Waals surface area contributed by atoms with Crippen molar-refractivity contribution in [2.24, 2.45) is 5.92 Å². The standard InChI is InChI=1S/C15H23N5O/c1-5-10(2)8-11(3)20-15(17-18-19-20)13-7-6-12(16)9-14(13)21-4/h6-7,9-11H,5,8,16H2,1-4H3. The highest BCUT2D eigenvalue weighted by Crippen LogP contribution is 2.32. The van der Waals surface area contributed by atoms with Gasteiger partial charge in [-0.1, -0.05) is 20.3 Å². The van der Waals surface area contributed by atoms with E-state index >= 15 is 0 Å². The van der Waals surface area contributed by atoms with Crippen LogP contribution in [-0.2, 0) is 0 Å². The van der Waals surface area contributed by atoms with Gasteiger partial charge < -0.3 is 10.5 Å². The zero-order valence-electron chi connectivity index (χ0n) is 13.1. The van der Waals surface area contributed by atoms with Gasteiger partial charge in [0.2, 0.25) is 0 Å². The Bertz CT molecular complexity index is 595. The van der Waals surface area contributed by atoms with Gasteiger partial charge in [-0.15, -0.1) is 5.10 Å². The second kappa shape index (κ2) is 6.56. The number of hydrogen-bond donors (Lipinski definition) is 1. The Morgan fingerprint density at radius 3 is 2.76 bits per heavy atom. The molecule has 2 rings (SSSR count). The van der Waals surface area contributed by atoms with Gasteiger partial charge in [0.15, 0.2) is 5.82 Å². The first kappa shape index (κ1) is 15.3. The van der Waals surface area contributed by atoms with Crippen LogP contribution in [0.3, 0.4) is 0 Å². The fourth-order valence-corrected chi connectivity index (χ4v) is 2.41. The third kappa shape index (κ3) is 3.32. The number of methoxy groups -OCH3 is 1. The minimum Gasteiger partial charge on any atom is -0.496 e. The van der Waals surface area contributed by atoms with Crippen molar-refractivity contribution in [3.05, 3.63) is 18.2 Å². The van der Waals surface area contributed by atoms with Crippen molar-refractivity contribution in [2.45, 2.75) is 39.7 Å². The van der Waals surface area contributed by atoms with Crippen LogP contribution in [0.2, 0.25) is 0 Å². The van der Waals surface area contributed by atoms with Gasteiger partial charge in [-0.3, -0.25) is 0 Å². The van der Waals surface area contributed by atoms with E-state index in [9.17, 15) is 0 Å². The van der Waals surface area contributed by atoms with Crippen molar-refractivity contribution in [1.29, 1.82) is 0 Å². The number of aromatic nitrogens is 4. The van der Waals surface area contributed by atoms with E-state index in [1.165, 1.54) is 0 Å². The molecule has 0 amide bonds. The van der Waals surface area contributed by atoms with E-state index in [0.29, 0.717) is 23.2 Å². The fraction of sp³-hybridized carbons (Fsp3) is 0.533. The van der Waals surface area contributed by atoms with Crippen molar-refractivity contribution in [3.8, 4) is 17.1 Å². The Morgan fingerprint density at radius 2 is 2.10 bits per heavy atom. The lowest BCUT2D eigenvalue weighted by molar-refractivity contribution is 0.370. The summed E-state index contributed by atoms with van der Waals surface area (Å²) >= 11 is 0. The largest absolute Gasteiger partial charge is 0.496 e. The smallest absolute Gasteiger partial charge is 0.186 e. The molecule has 0 saturated carbocycles. The molecule has 2 unspecified atom stereocenters. The summed E-state index contributed by atoms with van der Waals surface area (Å²) in [4.78, 5) is 0. The summed E-state index contributed by atoms with van der Waals surface area (Å²) in [6.07, 6.45) is 2.18. The zero-order chi connectivity index (χ0) is 15.4. The summed E-state index contributed by atoms with van der Waals surface area (Å²) in [5, 5.41) is 12.1. The molecule has 2 aromatic rings. The number of nitrogens with zero attached hydrogens (tertiary/aromatic N) is 4. The van der Waals surface area contributed by atoms with E-state index in [2.05, 4.69) is 36.3 Å². The highest BCUT2D eigenvalue weighted by molar-refractivity contribution is 5.67. The van der Waals surface area contributed by atoms with E-state index in [0.717, 1.165) is 18.4 Å². The quantitative estimate of drug-likeness (QED) is 0.827. The molecule has 6 heteroatoms. The molecular weight excluding hydrogens is 266 g/mol. The molecular formula is C15H23N5O. The molecule has 1 heterocycles. The van der Waals surface area contributed by atoms with Gasteiger partial charge in [-0.2, -0.15) is 0 Å². The molecule has 0 aliphatic carbocycles. The minimum atomic E-state index is 0.229. The molecule has 0 aliphatic heterocycles. The van der Waals surface area contributed by atoms with Crippen LogP contribution in [0.5, 0.6) is 5.75 Å². The zero-order valence-corrected chi connectivity index (χ0v) is 13.1. The first-order chi connectivity index (χ1) is 10.1. The van der Waals surface area contributed by atoms with Crippen molar-refractivity contribution in [1.82, 2.24) is 20.2 Å². The van der Waals surface area contributed by atoms with E-state index in [1.54, 1.807) is 13.2 Å². The van der Waals surface area contributed by atoms with Crippen molar-refractivity contribution in [2.75, 3.05) is 12.8 Å². The molecule has 0 aliphatic rings. The number of rotatable bonds is 6. The monoisotopic (exact) mass is 289 g/mol. The third-order valence-electron chi connectivity index (χ3n) is 3.82. The Balaban J connectivity index is 2.36. The summed E-state index contributed by atoms with van der Waals surface area (Å²) < 4.78 is 7.26. The summed E-state index contributed by atoms with van der Waals surface area (Å²) in [6.45, 7) is 6.57. The first-order valence-corrected chi connectivity index (χ1v) is 7.28. The molecule has 114 valence electrons. The van der Waals surface area contributed by atoms with Crippen LogP contribution in [-0.4, -0.2) is 27.3 Å². The molecule has 2 atom stereocenters. The molecule has 6 nitrogen and oxygen atoms in total. The van der Waals surface area contributed by atoms with Gasteiger partial charge >= 0.3 is 0 Å². The number of hydrogen-bond acceptors (Lipinski definition) is 5. The van der Waals surface area contributed by atoms with Crippen molar-refractivity contribution in [3.63, 3.8) is 0 Å². The van der Waals surface area contributed by atoms with Crippen LogP contribution >= 0.6 is 0 Å². The molecule has 21 heavy (non-hydrogen) atoms.